The zero-order valence-corrected chi connectivity index (χ0v) is 15.2. The highest BCUT2D eigenvalue weighted by Crippen LogP contribution is 2.03. The summed E-state index contributed by atoms with van der Waals surface area (Å²) in [5.74, 6) is -1.17. The fourth-order valence-electron chi connectivity index (χ4n) is 1.96. The van der Waals surface area contributed by atoms with Crippen molar-refractivity contribution in [2.45, 2.75) is 78.1 Å². The van der Waals surface area contributed by atoms with Crippen LogP contribution in [-0.4, -0.2) is 11.9 Å². The third kappa shape index (κ3) is 16.5. The van der Waals surface area contributed by atoms with E-state index in [0.29, 0.717) is 0 Å². The van der Waals surface area contributed by atoms with Crippen molar-refractivity contribution in [1.82, 2.24) is 0 Å². The van der Waals surface area contributed by atoms with Crippen molar-refractivity contribution in [2.24, 2.45) is 0 Å². The first kappa shape index (κ1) is 22.2. The Morgan fingerprint density at radius 3 is 1.46 bits per heavy atom. The van der Waals surface area contributed by atoms with E-state index in [-0.39, 0.29) is 0 Å². The number of rotatable bonds is 14. The second-order valence-corrected chi connectivity index (χ2v) is 5.65. The van der Waals surface area contributed by atoms with Gasteiger partial charge < -0.3 is 9.47 Å². The van der Waals surface area contributed by atoms with Gasteiger partial charge in [-0.3, -0.25) is 0 Å². The zero-order chi connectivity index (χ0) is 17.9. The topological polar surface area (TPSA) is 52.6 Å². The summed E-state index contributed by atoms with van der Waals surface area (Å²) < 4.78 is 9.69. The summed E-state index contributed by atoms with van der Waals surface area (Å²) in [6.45, 7) is 4.33. The molecule has 0 spiro atoms. The standard InChI is InChI=1S/C20H32O4/c1-3-5-7-9-11-13-17-23-19(21)15-16-20(22)24-18-14-12-10-8-6-4-2/h13-18H,3-12H2,1-2H3/b16-15-,17-13?,18-14?. The first-order valence-electron chi connectivity index (χ1n) is 9.10. The molecule has 136 valence electrons. The maximum Gasteiger partial charge on any atom is 0.335 e. The van der Waals surface area contributed by atoms with E-state index in [4.69, 9.17) is 9.47 Å². The van der Waals surface area contributed by atoms with E-state index in [1.165, 1.54) is 51.0 Å². The number of carbonyl (C=O) groups is 2. The molecule has 4 nitrogen and oxygen atoms in total. The minimum Gasteiger partial charge on any atom is -0.432 e. The van der Waals surface area contributed by atoms with Gasteiger partial charge >= 0.3 is 11.9 Å². The molecule has 0 aromatic heterocycles. The molecule has 24 heavy (non-hydrogen) atoms. The molecule has 0 aliphatic rings. The van der Waals surface area contributed by atoms with E-state index in [1.807, 2.05) is 12.2 Å². The Morgan fingerprint density at radius 1 is 0.667 bits per heavy atom. The molecule has 0 atom stereocenters. The van der Waals surface area contributed by atoms with Crippen molar-refractivity contribution in [3.05, 3.63) is 36.8 Å². The van der Waals surface area contributed by atoms with Crippen LogP contribution in [0.3, 0.4) is 0 Å². The summed E-state index contributed by atoms with van der Waals surface area (Å²) in [5.41, 5.74) is 0. The predicted octanol–water partition coefficient (Wildman–Crippen LogP) is 5.60. The highest BCUT2D eigenvalue weighted by atomic mass is 16.5. The van der Waals surface area contributed by atoms with Crippen molar-refractivity contribution in [3.63, 3.8) is 0 Å². The van der Waals surface area contributed by atoms with Crippen LogP contribution in [0.2, 0.25) is 0 Å². The SMILES string of the molecule is CCCCCCC=COC(=O)/C=C\C(=O)OC=CCCCCCC. The molecule has 0 saturated carbocycles. The lowest BCUT2D eigenvalue weighted by Crippen LogP contribution is -1.98. The van der Waals surface area contributed by atoms with Crippen molar-refractivity contribution < 1.29 is 19.1 Å². The lowest BCUT2D eigenvalue weighted by Gasteiger charge is -1.96. The van der Waals surface area contributed by atoms with E-state index < -0.39 is 11.9 Å². The van der Waals surface area contributed by atoms with Crippen molar-refractivity contribution >= 4 is 11.9 Å². The van der Waals surface area contributed by atoms with E-state index in [0.717, 1.165) is 37.8 Å². The third-order valence-corrected chi connectivity index (χ3v) is 3.37. The monoisotopic (exact) mass is 336 g/mol. The molecular formula is C20H32O4. The minimum atomic E-state index is -0.583. The summed E-state index contributed by atoms with van der Waals surface area (Å²) in [6.07, 6.45) is 19.7. The maximum absolute atomic E-state index is 11.4. The number of allylic oxidation sites excluding steroid dienone is 2. The molecule has 4 heteroatoms. The van der Waals surface area contributed by atoms with Gasteiger partial charge in [0.1, 0.15) is 0 Å². The lowest BCUT2D eigenvalue weighted by molar-refractivity contribution is -0.135. The largest absolute Gasteiger partial charge is 0.432 e. The van der Waals surface area contributed by atoms with Gasteiger partial charge in [-0.2, -0.15) is 0 Å². The normalized spacial score (nSPS) is 11.6. The smallest absolute Gasteiger partial charge is 0.335 e. The van der Waals surface area contributed by atoms with Crippen LogP contribution in [0.5, 0.6) is 0 Å². The van der Waals surface area contributed by atoms with Gasteiger partial charge in [0.25, 0.3) is 0 Å². The van der Waals surface area contributed by atoms with Gasteiger partial charge in [-0.1, -0.05) is 52.4 Å². The van der Waals surface area contributed by atoms with E-state index in [2.05, 4.69) is 13.8 Å². The Morgan fingerprint density at radius 2 is 1.08 bits per heavy atom. The van der Waals surface area contributed by atoms with Crippen LogP contribution in [0.25, 0.3) is 0 Å². The number of unbranched alkanes of at least 4 members (excludes halogenated alkanes) is 8. The van der Waals surface area contributed by atoms with Crippen LogP contribution >= 0.6 is 0 Å². The van der Waals surface area contributed by atoms with Gasteiger partial charge in [0, 0.05) is 12.2 Å². The van der Waals surface area contributed by atoms with Gasteiger partial charge in [-0.05, 0) is 37.8 Å². The van der Waals surface area contributed by atoms with Crippen molar-refractivity contribution in [1.29, 1.82) is 0 Å². The summed E-state index contributed by atoms with van der Waals surface area (Å²) in [4.78, 5) is 22.7. The van der Waals surface area contributed by atoms with E-state index in [1.54, 1.807) is 0 Å². The molecular weight excluding hydrogens is 304 g/mol. The maximum atomic E-state index is 11.4. The molecule has 0 aliphatic carbocycles. The summed E-state index contributed by atoms with van der Waals surface area (Å²) >= 11 is 0. The number of hydrogen-bond donors (Lipinski definition) is 0. The highest BCUT2D eigenvalue weighted by molar-refractivity contribution is 5.92. The molecule has 0 amide bonds. The molecule has 0 bridgehead atoms. The molecule has 0 N–H and O–H groups in total. The number of carbonyl (C=O) groups excluding carboxylic acids is 2. The molecule has 0 aromatic carbocycles. The first-order valence-corrected chi connectivity index (χ1v) is 9.10. The first-order chi connectivity index (χ1) is 11.7. The van der Waals surface area contributed by atoms with Crippen LogP contribution in [-0.2, 0) is 19.1 Å². The average Bonchev–Trinajstić information content (AvgIpc) is 2.58. The van der Waals surface area contributed by atoms with Crippen LogP contribution in [0, 0.1) is 0 Å². The fraction of sp³-hybridized carbons (Fsp3) is 0.600. The number of esters is 2. The van der Waals surface area contributed by atoms with Crippen LogP contribution in [0.4, 0.5) is 0 Å². The Labute approximate surface area is 146 Å². The van der Waals surface area contributed by atoms with Crippen molar-refractivity contribution in [3.8, 4) is 0 Å². The second-order valence-electron chi connectivity index (χ2n) is 5.65. The number of ether oxygens (including phenoxy) is 2. The summed E-state index contributed by atoms with van der Waals surface area (Å²) in [5, 5.41) is 0. The molecule has 0 aromatic rings. The Kier molecular flexibility index (Phi) is 16.2. The van der Waals surface area contributed by atoms with Crippen LogP contribution in [0.1, 0.15) is 78.1 Å². The predicted molar refractivity (Wildman–Crippen MR) is 97.1 cm³/mol. The fourth-order valence-corrected chi connectivity index (χ4v) is 1.96. The molecule has 0 saturated heterocycles. The molecule has 0 heterocycles. The van der Waals surface area contributed by atoms with Gasteiger partial charge in [-0.15, -0.1) is 0 Å². The van der Waals surface area contributed by atoms with E-state index in [9.17, 15) is 9.59 Å². The van der Waals surface area contributed by atoms with Crippen LogP contribution < -0.4 is 0 Å². The quantitative estimate of drug-likeness (QED) is 0.179. The molecule has 0 fully saturated rings. The molecule has 0 rings (SSSR count). The zero-order valence-electron chi connectivity index (χ0n) is 15.2. The summed E-state index contributed by atoms with van der Waals surface area (Å²) in [6, 6.07) is 0. The molecule has 0 unspecified atom stereocenters. The summed E-state index contributed by atoms with van der Waals surface area (Å²) in [7, 11) is 0. The third-order valence-electron chi connectivity index (χ3n) is 3.37. The molecule has 0 radical (unpaired) electrons. The van der Waals surface area contributed by atoms with Gasteiger partial charge in [0.15, 0.2) is 0 Å². The Bertz CT molecular complexity index is 370. The Balaban J connectivity index is 3.71. The Hall–Kier alpha value is -1.84. The molecule has 0 aliphatic heterocycles. The van der Waals surface area contributed by atoms with Gasteiger partial charge in [0.2, 0.25) is 0 Å². The highest BCUT2D eigenvalue weighted by Gasteiger charge is 1.98. The van der Waals surface area contributed by atoms with Crippen LogP contribution in [0.15, 0.2) is 36.8 Å². The van der Waals surface area contributed by atoms with Crippen molar-refractivity contribution in [2.75, 3.05) is 0 Å². The van der Waals surface area contributed by atoms with Gasteiger partial charge in [-0.25, -0.2) is 9.59 Å². The second kappa shape index (κ2) is 17.5. The average molecular weight is 336 g/mol. The van der Waals surface area contributed by atoms with E-state index >= 15 is 0 Å². The lowest BCUT2D eigenvalue weighted by atomic mass is 10.1. The minimum absolute atomic E-state index is 0.583. The number of hydrogen-bond acceptors (Lipinski definition) is 4. The van der Waals surface area contributed by atoms with Gasteiger partial charge in [0.05, 0.1) is 12.5 Å².